The SMILES string of the molecule is CCC(N)Cc1c(C)nn(C)c1N(CC)CC1CCCO1. The Balaban J connectivity index is 2.22. The van der Waals surface area contributed by atoms with E-state index in [1.165, 1.54) is 17.8 Å². The standard InChI is InChI=1S/C16H30N4O/c1-5-13(17)10-15-12(3)18-19(4)16(15)20(6-2)11-14-8-7-9-21-14/h13-14H,5-11,17H2,1-4H3. The molecule has 120 valence electrons. The Morgan fingerprint density at radius 3 is 2.81 bits per heavy atom. The molecule has 0 aromatic carbocycles. The van der Waals surface area contributed by atoms with E-state index in [2.05, 4.69) is 30.8 Å². The second-order valence-corrected chi connectivity index (χ2v) is 6.06. The Labute approximate surface area is 128 Å². The van der Waals surface area contributed by atoms with Crippen LogP contribution < -0.4 is 10.6 Å². The van der Waals surface area contributed by atoms with Crippen LogP contribution in [0.3, 0.4) is 0 Å². The van der Waals surface area contributed by atoms with Crippen LogP contribution >= 0.6 is 0 Å². The fraction of sp³-hybridized carbons (Fsp3) is 0.812. The summed E-state index contributed by atoms with van der Waals surface area (Å²) < 4.78 is 7.80. The van der Waals surface area contributed by atoms with Crippen LogP contribution in [0.2, 0.25) is 0 Å². The van der Waals surface area contributed by atoms with Gasteiger partial charge in [0.25, 0.3) is 0 Å². The van der Waals surface area contributed by atoms with E-state index in [-0.39, 0.29) is 6.04 Å². The van der Waals surface area contributed by atoms with E-state index in [1.807, 2.05) is 11.7 Å². The molecule has 5 heteroatoms. The van der Waals surface area contributed by atoms with Gasteiger partial charge in [0.05, 0.1) is 11.8 Å². The molecule has 2 N–H and O–H groups in total. The monoisotopic (exact) mass is 294 g/mol. The van der Waals surface area contributed by atoms with Gasteiger partial charge in [0.15, 0.2) is 0 Å². The number of ether oxygens (including phenoxy) is 1. The molecule has 0 aliphatic carbocycles. The molecule has 2 rings (SSSR count). The van der Waals surface area contributed by atoms with E-state index in [1.54, 1.807) is 0 Å². The molecular formula is C16H30N4O. The number of rotatable bonds is 7. The number of nitrogens with two attached hydrogens (primary N) is 1. The normalized spacial score (nSPS) is 20.0. The van der Waals surface area contributed by atoms with E-state index in [0.717, 1.165) is 44.7 Å². The first-order valence-electron chi connectivity index (χ1n) is 8.21. The third-order valence-electron chi connectivity index (χ3n) is 4.43. The van der Waals surface area contributed by atoms with Crippen molar-refractivity contribution in [3.05, 3.63) is 11.3 Å². The number of nitrogens with zero attached hydrogens (tertiary/aromatic N) is 3. The molecule has 5 nitrogen and oxygen atoms in total. The third kappa shape index (κ3) is 3.77. The maximum absolute atomic E-state index is 6.18. The number of hydrogen-bond donors (Lipinski definition) is 1. The van der Waals surface area contributed by atoms with Gasteiger partial charge in [-0.2, -0.15) is 5.10 Å². The first-order chi connectivity index (χ1) is 10.1. The molecule has 21 heavy (non-hydrogen) atoms. The van der Waals surface area contributed by atoms with Crippen LogP contribution in [0.15, 0.2) is 0 Å². The molecule has 0 saturated carbocycles. The molecule has 0 bridgehead atoms. The van der Waals surface area contributed by atoms with Gasteiger partial charge in [-0.25, -0.2) is 0 Å². The molecule has 1 aromatic rings. The molecule has 1 saturated heterocycles. The van der Waals surface area contributed by atoms with Gasteiger partial charge < -0.3 is 15.4 Å². The van der Waals surface area contributed by atoms with E-state index in [0.29, 0.717) is 6.10 Å². The van der Waals surface area contributed by atoms with Crippen LogP contribution in [-0.2, 0) is 18.2 Å². The first kappa shape index (κ1) is 16.3. The predicted molar refractivity (Wildman–Crippen MR) is 86.8 cm³/mol. The van der Waals surface area contributed by atoms with E-state index in [4.69, 9.17) is 10.5 Å². The number of aromatic nitrogens is 2. The fourth-order valence-electron chi connectivity index (χ4n) is 3.13. The summed E-state index contributed by atoms with van der Waals surface area (Å²) in [6.07, 6.45) is 4.59. The highest BCUT2D eigenvalue weighted by molar-refractivity contribution is 5.50. The Bertz CT molecular complexity index is 451. The summed E-state index contributed by atoms with van der Waals surface area (Å²) in [5, 5.41) is 4.62. The predicted octanol–water partition coefficient (Wildman–Crippen LogP) is 2.01. The van der Waals surface area contributed by atoms with Crippen molar-refractivity contribution in [3.63, 3.8) is 0 Å². The van der Waals surface area contributed by atoms with Crippen molar-refractivity contribution >= 4 is 5.82 Å². The lowest BCUT2D eigenvalue weighted by molar-refractivity contribution is 0.115. The highest BCUT2D eigenvalue weighted by atomic mass is 16.5. The lowest BCUT2D eigenvalue weighted by atomic mass is 10.0. The molecule has 1 aromatic heterocycles. The highest BCUT2D eigenvalue weighted by Gasteiger charge is 2.24. The van der Waals surface area contributed by atoms with Gasteiger partial charge in [-0.15, -0.1) is 0 Å². The van der Waals surface area contributed by atoms with Crippen molar-refractivity contribution in [1.82, 2.24) is 9.78 Å². The number of likely N-dealkylation sites (N-methyl/N-ethyl adjacent to an activating group) is 1. The van der Waals surface area contributed by atoms with Gasteiger partial charge in [0.1, 0.15) is 5.82 Å². The largest absolute Gasteiger partial charge is 0.376 e. The van der Waals surface area contributed by atoms with Crippen molar-refractivity contribution in [1.29, 1.82) is 0 Å². The van der Waals surface area contributed by atoms with Gasteiger partial charge in [0, 0.05) is 38.3 Å². The van der Waals surface area contributed by atoms with Crippen LogP contribution in [0.25, 0.3) is 0 Å². The van der Waals surface area contributed by atoms with Crippen LogP contribution in [0.5, 0.6) is 0 Å². The summed E-state index contributed by atoms with van der Waals surface area (Å²) >= 11 is 0. The number of anilines is 1. The van der Waals surface area contributed by atoms with Crippen LogP contribution in [0, 0.1) is 6.92 Å². The quantitative estimate of drug-likeness (QED) is 0.836. The molecule has 0 amide bonds. The number of aryl methyl sites for hydroxylation is 2. The molecule has 0 radical (unpaired) electrons. The van der Waals surface area contributed by atoms with Crippen molar-refractivity contribution in [2.24, 2.45) is 12.8 Å². The molecule has 1 aliphatic heterocycles. The topological polar surface area (TPSA) is 56.3 Å². The Kier molecular flexibility index (Phi) is 5.65. The highest BCUT2D eigenvalue weighted by Crippen LogP contribution is 2.26. The van der Waals surface area contributed by atoms with Crippen molar-refractivity contribution < 1.29 is 4.74 Å². The van der Waals surface area contributed by atoms with Gasteiger partial charge in [-0.1, -0.05) is 6.92 Å². The van der Waals surface area contributed by atoms with Crippen LogP contribution in [-0.4, -0.2) is 41.6 Å². The van der Waals surface area contributed by atoms with E-state index in [9.17, 15) is 0 Å². The summed E-state index contributed by atoms with van der Waals surface area (Å²) in [5.74, 6) is 1.22. The minimum absolute atomic E-state index is 0.202. The Hall–Kier alpha value is -1.07. The zero-order valence-electron chi connectivity index (χ0n) is 13.9. The molecule has 2 atom stereocenters. The number of hydrogen-bond acceptors (Lipinski definition) is 4. The molecule has 2 heterocycles. The van der Waals surface area contributed by atoms with E-state index < -0.39 is 0 Å². The zero-order chi connectivity index (χ0) is 15.4. The van der Waals surface area contributed by atoms with Crippen molar-refractivity contribution in [3.8, 4) is 0 Å². The lowest BCUT2D eigenvalue weighted by Crippen LogP contribution is -2.34. The maximum Gasteiger partial charge on any atom is 0.130 e. The molecular weight excluding hydrogens is 264 g/mol. The average molecular weight is 294 g/mol. The first-order valence-corrected chi connectivity index (χ1v) is 8.21. The second kappa shape index (κ2) is 7.27. The average Bonchev–Trinajstić information content (AvgIpc) is 3.06. The maximum atomic E-state index is 6.18. The minimum atomic E-state index is 0.202. The zero-order valence-corrected chi connectivity index (χ0v) is 13.9. The van der Waals surface area contributed by atoms with E-state index >= 15 is 0 Å². The summed E-state index contributed by atoms with van der Waals surface area (Å²) in [6.45, 7) is 9.24. The van der Waals surface area contributed by atoms with Gasteiger partial charge in [-0.05, 0) is 39.5 Å². The molecule has 1 aliphatic rings. The molecule has 0 spiro atoms. The minimum Gasteiger partial charge on any atom is -0.376 e. The lowest BCUT2D eigenvalue weighted by Gasteiger charge is -2.27. The summed E-state index contributed by atoms with van der Waals surface area (Å²) in [7, 11) is 2.03. The Morgan fingerprint density at radius 2 is 2.24 bits per heavy atom. The Morgan fingerprint density at radius 1 is 1.48 bits per heavy atom. The molecule has 1 fully saturated rings. The van der Waals surface area contributed by atoms with Crippen molar-refractivity contribution in [2.45, 2.75) is 58.6 Å². The van der Waals surface area contributed by atoms with Crippen LogP contribution in [0.1, 0.15) is 44.4 Å². The third-order valence-corrected chi connectivity index (χ3v) is 4.43. The molecule has 2 unspecified atom stereocenters. The summed E-state index contributed by atoms with van der Waals surface area (Å²) in [5.41, 5.74) is 8.57. The fourth-order valence-corrected chi connectivity index (χ4v) is 3.13. The van der Waals surface area contributed by atoms with Gasteiger partial charge in [0.2, 0.25) is 0 Å². The summed E-state index contributed by atoms with van der Waals surface area (Å²) in [6, 6.07) is 0.202. The smallest absolute Gasteiger partial charge is 0.130 e. The van der Waals surface area contributed by atoms with Gasteiger partial charge >= 0.3 is 0 Å². The summed E-state index contributed by atoms with van der Waals surface area (Å²) in [4.78, 5) is 2.40. The van der Waals surface area contributed by atoms with Crippen LogP contribution in [0.4, 0.5) is 5.82 Å². The second-order valence-electron chi connectivity index (χ2n) is 6.06. The van der Waals surface area contributed by atoms with Gasteiger partial charge in [-0.3, -0.25) is 4.68 Å². The van der Waals surface area contributed by atoms with Crippen molar-refractivity contribution in [2.75, 3.05) is 24.6 Å².